The van der Waals surface area contributed by atoms with E-state index in [1.165, 1.54) is 38.2 Å². The summed E-state index contributed by atoms with van der Waals surface area (Å²) in [4.78, 5) is 10.2. The van der Waals surface area contributed by atoms with Gasteiger partial charge >= 0.3 is 5.97 Å². The lowest BCUT2D eigenvalue weighted by Crippen LogP contribution is -1.84. The number of rotatable bonds is 11. The minimum Gasteiger partial charge on any atom is -0.478 e. The second-order valence-corrected chi connectivity index (χ2v) is 4.48. The van der Waals surface area contributed by atoms with Crippen molar-refractivity contribution in [2.45, 2.75) is 45.4 Å². The minimum atomic E-state index is -0.932. The number of allylic oxidation sites excluding steroid dienone is 9. The molecule has 0 aliphatic carbocycles. The Bertz CT molecular complexity index is 371. The quantitative estimate of drug-likeness (QED) is 0.319. The Morgan fingerprint density at radius 1 is 0.800 bits per heavy atom. The second kappa shape index (κ2) is 15.2. The van der Waals surface area contributed by atoms with Crippen molar-refractivity contribution < 1.29 is 9.90 Å². The Morgan fingerprint density at radius 3 is 1.95 bits per heavy atom. The summed E-state index contributed by atoms with van der Waals surface area (Å²) in [6.45, 7) is 2.23. The molecular formula is C18H26O2. The van der Waals surface area contributed by atoms with Gasteiger partial charge in [-0.15, -0.1) is 0 Å². The van der Waals surface area contributed by atoms with E-state index < -0.39 is 5.97 Å². The van der Waals surface area contributed by atoms with Gasteiger partial charge in [0.1, 0.15) is 0 Å². The van der Waals surface area contributed by atoms with Gasteiger partial charge < -0.3 is 5.11 Å². The summed E-state index contributed by atoms with van der Waals surface area (Å²) in [5.41, 5.74) is 0. The Balaban J connectivity index is 3.57. The highest BCUT2D eigenvalue weighted by Gasteiger charge is 1.85. The van der Waals surface area contributed by atoms with E-state index in [1.54, 1.807) is 12.2 Å². The number of carbonyl (C=O) groups is 1. The zero-order valence-corrected chi connectivity index (χ0v) is 12.4. The lowest BCUT2D eigenvalue weighted by atomic mass is 10.1. The van der Waals surface area contributed by atoms with Crippen LogP contribution in [0.5, 0.6) is 0 Å². The molecule has 0 heterocycles. The SMILES string of the molecule is CCCCCCC\C=C/C=C\C=C/C=C\C=C/C(=O)O. The molecule has 0 aromatic rings. The first-order valence-electron chi connectivity index (χ1n) is 7.33. The number of unbranched alkanes of at least 4 members (excludes halogenated alkanes) is 5. The van der Waals surface area contributed by atoms with Crippen LogP contribution in [0.4, 0.5) is 0 Å². The van der Waals surface area contributed by atoms with Gasteiger partial charge in [0.15, 0.2) is 0 Å². The molecule has 0 unspecified atom stereocenters. The van der Waals surface area contributed by atoms with Crippen LogP contribution in [0.25, 0.3) is 0 Å². The maximum atomic E-state index is 10.2. The van der Waals surface area contributed by atoms with E-state index in [2.05, 4.69) is 19.1 Å². The van der Waals surface area contributed by atoms with Crippen molar-refractivity contribution in [1.82, 2.24) is 0 Å². The standard InChI is InChI=1S/C18H26O2/c1-2-3-4-5-6-7-8-9-10-11-12-13-14-15-16-17-18(19)20/h8-17H,2-7H2,1H3,(H,19,20)/b9-8-,11-10-,13-12-,15-14-,17-16-. The Kier molecular flexibility index (Phi) is 13.8. The number of carboxylic acids is 1. The van der Waals surface area contributed by atoms with Gasteiger partial charge in [0.2, 0.25) is 0 Å². The van der Waals surface area contributed by atoms with Crippen LogP contribution in [0.2, 0.25) is 0 Å². The highest BCUT2D eigenvalue weighted by atomic mass is 16.4. The summed E-state index contributed by atoms with van der Waals surface area (Å²) < 4.78 is 0. The fourth-order valence-corrected chi connectivity index (χ4v) is 1.56. The van der Waals surface area contributed by atoms with Crippen LogP contribution in [-0.2, 0) is 4.79 Å². The van der Waals surface area contributed by atoms with Crippen molar-refractivity contribution in [3.8, 4) is 0 Å². The number of aliphatic carboxylic acids is 1. The average molecular weight is 274 g/mol. The molecule has 0 aliphatic heterocycles. The molecule has 0 aliphatic rings. The van der Waals surface area contributed by atoms with E-state index in [9.17, 15) is 4.79 Å². The molecule has 2 heteroatoms. The van der Waals surface area contributed by atoms with Crippen LogP contribution in [0.15, 0.2) is 60.8 Å². The maximum absolute atomic E-state index is 10.2. The predicted octanol–water partition coefficient (Wildman–Crippen LogP) is 5.21. The van der Waals surface area contributed by atoms with Gasteiger partial charge in [0.25, 0.3) is 0 Å². The van der Waals surface area contributed by atoms with Crippen molar-refractivity contribution in [3.05, 3.63) is 60.8 Å². The number of carboxylic acid groups (broad SMARTS) is 1. The third-order valence-electron chi connectivity index (χ3n) is 2.63. The molecule has 0 saturated heterocycles. The molecule has 0 rings (SSSR count). The molecular weight excluding hydrogens is 248 g/mol. The van der Waals surface area contributed by atoms with E-state index in [4.69, 9.17) is 5.11 Å². The van der Waals surface area contributed by atoms with Gasteiger partial charge in [-0.3, -0.25) is 0 Å². The molecule has 2 nitrogen and oxygen atoms in total. The summed E-state index contributed by atoms with van der Waals surface area (Å²) in [6, 6.07) is 0. The third-order valence-corrected chi connectivity index (χ3v) is 2.63. The van der Waals surface area contributed by atoms with Crippen LogP contribution in [0.3, 0.4) is 0 Å². The molecule has 0 amide bonds. The van der Waals surface area contributed by atoms with Crippen LogP contribution < -0.4 is 0 Å². The minimum absolute atomic E-state index is 0.932. The van der Waals surface area contributed by atoms with E-state index in [1.807, 2.05) is 24.3 Å². The van der Waals surface area contributed by atoms with Crippen molar-refractivity contribution in [1.29, 1.82) is 0 Å². The molecule has 110 valence electrons. The fourth-order valence-electron chi connectivity index (χ4n) is 1.56. The van der Waals surface area contributed by atoms with Crippen LogP contribution in [0, 0.1) is 0 Å². The third kappa shape index (κ3) is 16.2. The van der Waals surface area contributed by atoms with E-state index in [0.29, 0.717) is 0 Å². The molecule has 0 saturated carbocycles. The van der Waals surface area contributed by atoms with Crippen LogP contribution in [0.1, 0.15) is 45.4 Å². The molecule has 0 atom stereocenters. The van der Waals surface area contributed by atoms with Gasteiger partial charge in [-0.25, -0.2) is 4.79 Å². The number of hydrogen-bond acceptors (Lipinski definition) is 1. The highest BCUT2D eigenvalue weighted by Crippen LogP contribution is 2.05. The molecule has 0 spiro atoms. The van der Waals surface area contributed by atoms with Gasteiger partial charge in [0, 0.05) is 6.08 Å². The normalized spacial score (nSPS) is 12.8. The molecule has 0 fully saturated rings. The summed E-state index contributed by atoms with van der Waals surface area (Å²) >= 11 is 0. The lowest BCUT2D eigenvalue weighted by Gasteiger charge is -1.95. The summed E-state index contributed by atoms with van der Waals surface area (Å²) in [7, 11) is 0. The van der Waals surface area contributed by atoms with Gasteiger partial charge in [-0.1, -0.05) is 87.3 Å². The monoisotopic (exact) mass is 274 g/mol. The molecule has 0 bridgehead atoms. The van der Waals surface area contributed by atoms with Crippen molar-refractivity contribution >= 4 is 5.97 Å². The average Bonchev–Trinajstić information content (AvgIpc) is 2.43. The first kappa shape index (κ1) is 18.2. The predicted molar refractivity (Wildman–Crippen MR) is 86.7 cm³/mol. The molecule has 1 N–H and O–H groups in total. The van der Waals surface area contributed by atoms with Crippen molar-refractivity contribution in [2.75, 3.05) is 0 Å². The second-order valence-electron chi connectivity index (χ2n) is 4.48. The van der Waals surface area contributed by atoms with Crippen molar-refractivity contribution in [2.24, 2.45) is 0 Å². The highest BCUT2D eigenvalue weighted by molar-refractivity contribution is 5.80. The number of hydrogen-bond donors (Lipinski definition) is 1. The topological polar surface area (TPSA) is 37.3 Å². The van der Waals surface area contributed by atoms with Crippen LogP contribution >= 0.6 is 0 Å². The fraction of sp³-hybridized carbons (Fsp3) is 0.389. The summed E-state index contributed by atoms with van der Waals surface area (Å²) in [5.74, 6) is -0.932. The maximum Gasteiger partial charge on any atom is 0.328 e. The Labute approximate surface area is 122 Å². The molecule has 0 radical (unpaired) electrons. The largest absolute Gasteiger partial charge is 0.478 e. The first-order chi connectivity index (χ1) is 9.77. The van der Waals surface area contributed by atoms with Gasteiger partial charge in [-0.05, 0) is 12.8 Å². The smallest absolute Gasteiger partial charge is 0.328 e. The zero-order chi connectivity index (χ0) is 14.9. The van der Waals surface area contributed by atoms with Crippen molar-refractivity contribution in [3.63, 3.8) is 0 Å². The van der Waals surface area contributed by atoms with E-state index in [0.717, 1.165) is 12.5 Å². The van der Waals surface area contributed by atoms with Gasteiger partial charge in [0.05, 0.1) is 0 Å². The molecule has 20 heavy (non-hydrogen) atoms. The summed E-state index contributed by atoms with van der Waals surface area (Å²) in [6.07, 6.45) is 25.8. The molecule has 0 aromatic carbocycles. The lowest BCUT2D eigenvalue weighted by molar-refractivity contribution is -0.131. The molecule has 0 aromatic heterocycles. The Hall–Kier alpha value is -1.83. The van der Waals surface area contributed by atoms with Crippen LogP contribution in [-0.4, -0.2) is 11.1 Å². The van der Waals surface area contributed by atoms with E-state index in [-0.39, 0.29) is 0 Å². The zero-order valence-electron chi connectivity index (χ0n) is 12.4. The first-order valence-corrected chi connectivity index (χ1v) is 7.33. The Morgan fingerprint density at radius 2 is 1.35 bits per heavy atom. The van der Waals surface area contributed by atoms with E-state index >= 15 is 0 Å². The summed E-state index contributed by atoms with van der Waals surface area (Å²) in [5, 5.41) is 8.36. The van der Waals surface area contributed by atoms with Gasteiger partial charge in [-0.2, -0.15) is 0 Å².